The maximum Gasteiger partial charge on any atom is 0.376 e. The Bertz CT molecular complexity index is 698. The number of nitrogens with zero attached hydrogens (tertiary/aromatic N) is 3. The van der Waals surface area contributed by atoms with Crippen molar-refractivity contribution in [2.75, 3.05) is 14.2 Å². The SMILES string of the molecule is CN=Cc1cnc(C(=O)OC)nc1C.Cc1c(F)cccc1F. The summed E-state index contributed by atoms with van der Waals surface area (Å²) >= 11 is 0. The summed E-state index contributed by atoms with van der Waals surface area (Å²) in [6, 6.07) is 3.81. The molecule has 0 unspecified atom stereocenters. The first kappa shape index (κ1) is 18.3. The molecule has 5 nitrogen and oxygen atoms in total. The van der Waals surface area contributed by atoms with E-state index >= 15 is 0 Å². The highest BCUT2D eigenvalue weighted by atomic mass is 19.1. The zero-order valence-electron chi connectivity index (χ0n) is 13.3. The van der Waals surface area contributed by atoms with Crippen molar-refractivity contribution in [2.45, 2.75) is 13.8 Å². The summed E-state index contributed by atoms with van der Waals surface area (Å²) in [7, 11) is 2.95. The molecule has 0 aliphatic rings. The second-order valence-electron chi connectivity index (χ2n) is 4.46. The van der Waals surface area contributed by atoms with E-state index in [1.165, 1.54) is 32.2 Å². The first-order valence-corrected chi connectivity index (χ1v) is 6.65. The van der Waals surface area contributed by atoms with Crippen LogP contribution >= 0.6 is 0 Å². The summed E-state index contributed by atoms with van der Waals surface area (Å²) in [5, 5.41) is 0. The smallest absolute Gasteiger partial charge is 0.376 e. The van der Waals surface area contributed by atoms with Gasteiger partial charge in [-0.15, -0.1) is 0 Å². The van der Waals surface area contributed by atoms with Crippen LogP contribution < -0.4 is 0 Å². The van der Waals surface area contributed by atoms with E-state index < -0.39 is 17.6 Å². The molecule has 1 aromatic carbocycles. The fraction of sp³-hybridized carbons (Fsp3) is 0.250. The molecule has 0 aliphatic carbocycles. The molecule has 7 heteroatoms. The molecular weight excluding hydrogens is 304 g/mol. The van der Waals surface area contributed by atoms with Gasteiger partial charge in [0.2, 0.25) is 5.82 Å². The lowest BCUT2D eigenvalue weighted by Crippen LogP contribution is -2.09. The van der Waals surface area contributed by atoms with Gasteiger partial charge in [-0.2, -0.15) is 0 Å². The maximum atomic E-state index is 12.3. The van der Waals surface area contributed by atoms with Crippen molar-refractivity contribution < 1.29 is 18.3 Å². The Hall–Kier alpha value is -2.70. The molecule has 0 radical (unpaired) electrons. The number of rotatable bonds is 2. The molecule has 2 rings (SSSR count). The van der Waals surface area contributed by atoms with E-state index in [9.17, 15) is 13.6 Å². The van der Waals surface area contributed by atoms with Gasteiger partial charge in [0.05, 0.1) is 12.8 Å². The molecule has 23 heavy (non-hydrogen) atoms. The minimum atomic E-state index is -0.534. The predicted molar refractivity (Wildman–Crippen MR) is 82.7 cm³/mol. The van der Waals surface area contributed by atoms with E-state index in [0.29, 0.717) is 5.69 Å². The third-order valence-electron chi connectivity index (χ3n) is 2.86. The normalized spacial score (nSPS) is 10.2. The third kappa shape index (κ3) is 5.21. The minimum Gasteiger partial charge on any atom is -0.463 e. The number of halogens is 2. The third-order valence-corrected chi connectivity index (χ3v) is 2.86. The van der Waals surface area contributed by atoms with E-state index in [-0.39, 0.29) is 11.4 Å². The van der Waals surface area contributed by atoms with Crippen LogP contribution in [0.5, 0.6) is 0 Å². The fourth-order valence-corrected chi connectivity index (χ4v) is 1.51. The quantitative estimate of drug-likeness (QED) is 0.630. The maximum absolute atomic E-state index is 12.3. The number of aliphatic imine (C=N–C) groups is 1. The van der Waals surface area contributed by atoms with Crippen molar-refractivity contribution in [1.82, 2.24) is 9.97 Å². The average Bonchev–Trinajstić information content (AvgIpc) is 2.54. The largest absolute Gasteiger partial charge is 0.463 e. The fourth-order valence-electron chi connectivity index (χ4n) is 1.51. The molecule has 0 amide bonds. The molecule has 2 aromatic rings. The number of methoxy groups -OCH3 is 1. The van der Waals surface area contributed by atoms with Crippen LogP contribution in [0.3, 0.4) is 0 Å². The van der Waals surface area contributed by atoms with Crippen LogP contribution in [0.25, 0.3) is 0 Å². The van der Waals surface area contributed by atoms with Crippen molar-refractivity contribution in [2.24, 2.45) is 4.99 Å². The van der Waals surface area contributed by atoms with E-state index in [1.807, 2.05) is 0 Å². The minimum absolute atomic E-state index is 0.0678. The van der Waals surface area contributed by atoms with Crippen molar-refractivity contribution >= 4 is 12.2 Å². The summed E-state index contributed by atoms with van der Waals surface area (Å²) < 4.78 is 29.2. The Kier molecular flexibility index (Phi) is 6.92. The Morgan fingerprint density at radius 2 is 1.87 bits per heavy atom. The molecule has 0 bridgehead atoms. The number of aryl methyl sites for hydroxylation is 1. The van der Waals surface area contributed by atoms with Gasteiger partial charge < -0.3 is 4.74 Å². The number of hydrogen-bond donors (Lipinski definition) is 0. The van der Waals surface area contributed by atoms with E-state index in [2.05, 4.69) is 19.7 Å². The second-order valence-corrected chi connectivity index (χ2v) is 4.46. The number of aromatic nitrogens is 2. The number of benzene rings is 1. The van der Waals surface area contributed by atoms with Gasteiger partial charge in [-0.3, -0.25) is 4.99 Å². The van der Waals surface area contributed by atoms with Crippen molar-refractivity contribution in [1.29, 1.82) is 0 Å². The number of carbonyl (C=O) groups is 1. The monoisotopic (exact) mass is 321 g/mol. The van der Waals surface area contributed by atoms with Gasteiger partial charge in [0.1, 0.15) is 11.6 Å². The van der Waals surface area contributed by atoms with Crippen molar-refractivity contribution in [3.05, 3.63) is 58.7 Å². The second kappa shape index (κ2) is 8.67. The Morgan fingerprint density at radius 3 is 2.30 bits per heavy atom. The van der Waals surface area contributed by atoms with Gasteiger partial charge in [0.25, 0.3) is 0 Å². The molecule has 0 aliphatic heterocycles. The summed E-state index contributed by atoms with van der Waals surface area (Å²) in [6.07, 6.45) is 3.18. The molecule has 0 atom stereocenters. The molecule has 122 valence electrons. The Balaban J connectivity index is 0.000000253. The molecule has 0 saturated heterocycles. The van der Waals surface area contributed by atoms with Gasteiger partial charge in [-0.1, -0.05) is 6.07 Å². The lowest BCUT2D eigenvalue weighted by molar-refractivity contribution is 0.0586. The van der Waals surface area contributed by atoms with Gasteiger partial charge in [-0.25, -0.2) is 23.5 Å². The van der Waals surface area contributed by atoms with Gasteiger partial charge in [0, 0.05) is 30.6 Å². The number of hydrogen-bond acceptors (Lipinski definition) is 5. The molecule has 0 N–H and O–H groups in total. The predicted octanol–water partition coefficient (Wildman–Crippen LogP) is 2.89. The summed E-state index contributed by atoms with van der Waals surface area (Å²) in [6.45, 7) is 3.19. The van der Waals surface area contributed by atoms with Gasteiger partial charge in [-0.05, 0) is 26.0 Å². The van der Waals surface area contributed by atoms with E-state index in [0.717, 1.165) is 5.56 Å². The molecule has 1 heterocycles. The lowest BCUT2D eigenvalue weighted by Gasteiger charge is -2.00. The molecule has 0 spiro atoms. The first-order valence-electron chi connectivity index (χ1n) is 6.65. The topological polar surface area (TPSA) is 64.4 Å². The van der Waals surface area contributed by atoms with Crippen LogP contribution in [-0.4, -0.2) is 36.3 Å². The summed E-state index contributed by atoms with van der Waals surface area (Å²) in [5.41, 5.74) is 1.57. The zero-order valence-corrected chi connectivity index (χ0v) is 13.3. The highest BCUT2D eigenvalue weighted by molar-refractivity contribution is 5.86. The number of ether oxygens (including phenoxy) is 1. The average molecular weight is 321 g/mol. The van der Waals surface area contributed by atoms with Crippen LogP contribution in [0.4, 0.5) is 8.78 Å². The first-order chi connectivity index (χ1) is 10.9. The summed E-state index contributed by atoms with van der Waals surface area (Å²) in [4.78, 5) is 22.7. The van der Waals surface area contributed by atoms with Gasteiger partial charge >= 0.3 is 5.97 Å². The summed E-state index contributed by atoms with van der Waals surface area (Å²) in [5.74, 6) is -1.45. The number of esters is 1. The molecule has 0 fully saturated rings. The highest BCUT2D eigenvalue weighted by Crippen LogP contribution is 2.08. The van der Waals surface area contributed by atoms with Crippen LogP contribution in [0.1, 0.15) is 27.4 Å². The van der Waals surface area contributed by atoms with Gasteiger partial charge in [0.15, 0.2) is 0 Å². The van der Waals surface area contributed by atoms with Crippen LogP contribution in [-0.2, 0) is 4.74 Å². The Labute approximate surface area is 133 Å². The molecule has 1 aromatic heterocycles. The highest BCUT2D eigenvalue weighted by Gasteiger charge is 2.10. The Morgan fingerprint density at radius 1 is 1.26 bits per heavy atom. The zero-order chi connectivity index (χ0) is 17.4. The van der Waals surface area contributed by atoms with Crippen molar-refractivity contribution in [3.63, 3.8) is 0 Å². The van der Waals surface area contributed by atoms with E-state index in [1.54, 1.807) is 26.4 Å². The molecular formula is C16H17F2N3O2. The van der Waals surface area contributed by atoms with Crippen molar-refractivity contribution in [3.8, 4) is 0 Å². The molecule has 0 saturated carbocycles. The lowest BCUT2D eigenvalue weighted by atomic mass is 10.2. The van der Waals surface area contributed by atoms with Crippen LogP contribution in [0, 0.1) is 25.5 Å². The number of carbonyl (C=O) groups excluding carboxylic acids is 1. The standard InChI is InChI=1S/C9H11N3O2.C7H6F2/c1-6-7(4-10-2)5-11-8(12-6)9(13)14-3;1-5-6(8)3-2-4-7(5)9/h4-5H,1-3H3;2-4H,1H3. The van der Waals surface area contributed by atoms with Crippen LogP contribution in [0.15, 0.2) is 29.4 Å². The van der Waals surface area contributed by atoms with Crippen LogP contribution in [0.2, 0.25) is 0 Å². The van der Waals surface area contributed by atoms with E-state index in [4.69, 9.17) is 0 Å².